The molecule has 0 fully saturated rings. The van der Waals surface area contributed by atoms with Crippen LogP contribution in [0.3, 0.4) is 0 Å². The molecule has 0 aliphatic rings. The van der Waals surface area contributed by atoms with Gasteiger partial charge in [-0.05, 0) is 12.1 Å². The van der Waals surface area contributed by atoms with Crippen molar-refractivity contribution in [3.8, 4) is 0 Å². The van der Waals surface area contributed by atoms with Crippen molar-refractivity contribution in [1.29, 1.82) is 0 Å². The van der Waals surface area contributed by atoms with E-state index in [2.05, 4.69) is 10.3 Å². The maximum atomic E-state index is 10.8. The highest BCUT2D eigenvalue weighted by atomic mass is 16.4. The van der Waals surface area contributed by atoms with E-state index < -0.39 is 17.9 Å². The number of hydrogen-bond donors (Lipinski definition) is 2. The molecule has 2 aromatic rings. The Labute approximate surface area is 95.3 Å². The van der Waals surface area contributed by atoms with Gasteiger partial charge in [0.2, 0.25) is 0 Å². The van der Waals surface area contributed by atoms with Crippen molar-refractivity contribution in [1.82, 2.24) is 15.0 Å². The van der Waals surface area contributed by atoms with Crippen LogP contribution in [-0.2, 0) is 16.1 Å². The summed E-state index contributed by atoms with van der Waals surface area (Å²) >= 11 is 0. The van der Waals surface area contributed by atoms with Crippen molar-refractivity contribution < 1.29 is 19.8 Å². The third kappa shape index (κ3) is 2.07. The van der Waals surface area contributed by atoms with Crippen LogP contribution in [0.2, 0.25) is 0 Å². The molecule has 0 spiro atoms. The second-order valence-corrected chi connectivity index (χ2v) is 3.49. The molecule has 1 aromatic heterocycles. The largest absolute Gasteiger partial charge is 0.481 e. The molecule has 2 rings (SSSR count). The van der Waals surface area contributed by atoms with Gasteiger partial charge in [0.1, 0.15) is 5.52 Å². The predicted molar refractivity (Wildman–Crippen MR) is 56.3 cm³/mol. The maximum absolute atomic E-state index is 10.8. The molecule has 0 unspecified atom stereocenters. The highest BCUT2D eigenvalue weighted by Crippen LogP contribution is 2.12. The van der Waals surface area contributed by atoms with E-state index in [1.165, 1.54) is 4.68 Å². The zero-order valence-electron chi connectivity index (χ0n) is 8.65. The lowest BCUT2D eigenvalue weighted by molar-refractivity contribution is -0.155. The first-order valence-corrected chi connectivity index (χ1v) is 4.83. The molecule has 0 bridgehead atoms. The van der Waals surface area contributed by atoms with Crippen molar-refractivity contribution in [3.05, 3.63) is 24.3 Å². The summed E-state index contributed by atoms with van der Waals surface area (Å²) in [6.45, 7) is -0.245. The van der Waals surface area contributed by atoms with Crippen LogP contribution in [0.4, 0.5) is 0 Å². The summed E-state index contributed by atoms with van der Waals surface area (Å²) in [6, 6.07) is 6.94. The third-order valence-corrected chi connectivity index (χ3v) is 2.37. The lowest BCUT2D eigenvalue weighted by atomic mass is 10.1. The zero-order chi connectivity index (χ0) is 12.4. The number of para-hydroxylation sites is 1. The molecule has 0 amide bonds. The van der Waals surface area contributed by atoms with Crippen LogP contribution < -0.4 is 0 Å². The fraction of sp³-hybridized carbons (Fsp3) is 0.200. The standard InChI is InChI=1S/C10H9N3O4/c14-9(15)6(10(16)17)5-13-8-4-2-1-3-7(8)11-12-13/h1-4,6H,5H2,(H,14,15)(H,16,17). The Morgan fingerprint density at radius 3 is 2.53 bits per heavy atom. The molecule has 0 radical (unpaired) electrons. The fourth-order valence-electron chi connectivity index (χ4n) is 1.49. The normalized spacial score (nSPS) is 10.9. The highest BCUT2D eigenvalue weighted by molar-refractivity contribution is 5.92. The smallest absolute Gasteiger partial charge is 0.319 e. The Balaban J connectivity index is 2.35. The van der Waals surface area contributed by atoms with Crippen LogP contribution >= 0.6 is 0 Å². The van der Waals surface area contributed by atoms with E-state index in [4.69, 9.17) is 10.2 Å². The number of carboxylic acid groups (broad SMARTS) is 2. The fourth-order valence-corrected chi connectivity index (χ4v) is 1.49. The number of carboxylic acids is 2. The van der Waals surface area contributed by atoms with Gasteiger partial charge in [-0.3, -0.25) is 9.59 Å². The second kappa shape index (κ2) is 4.20. The number of aromatic nitrogens is 3. The first-order valence-electron chi connectivity index (χ1n) is 4.83. The van der Waals surface area contributed by atoms with E-state index in [0.29, 0.717) is 11.0 Å². The Bertz CT molecular complexity index is 564. The Kier molecular flexibility index (Phi) is 2.73. The highest BCUT2D eigenvalue weighted by Gasteiger charge is 2.27. The minimum atomic E-state index is -1.53. The number of hydrogen-bond acceptors (Lipinski definition) is 4. The number of nitrogens with zero attached hydrogens (tertiary/aromatic N) is 3. The molecule has 0 atom stereocenters. The first kappa shape index (κ1) is 11.1. The average molecular weight is 235 g/mol. The van der Waals surface area contributed by atoms with E-state index in [-0.39, 0.29) is 6.54 Å². The van der Waals surface area contributed by atoms with Gasteiger partial charge in [0.05, 0.1) is 12.1 Å². The van der Waals surface area contributed by atoms with Gasteiger partial charge >= 0.3 is 11.9 Å². The molecular formula is C10H9N3O4. The lowest BCUT2D eigenvalue weighted by Crippen LogP contribution is -2.28. The lowest BCUT2D eigenvalue weighted by Gasteiger charge is -2.07. The summed E-state index contributed by atoms with van der Waals surface area (Å²) in [5, 5.41) is 25.1. The van der Waals surface area contributed by atoms with E-state index in [1.807, 2.05) is 0 Å². The van der Waals surface area contributed by atoms with Crippen LogP contribution in [0.25, 0.3) is 11.0 Å². The summed E-state index contributed by atoms with van der Waals surface area (Å²) in [7, 11) is 0. The minimum Gasteiger partial charge on any atom is -0.481 e. The number of carbonyl (C=O) groups is 2. The van der Waals surface area contributed by atoms with Crippen LogP contribution in [0.5, 0.6) is 0 Å². The minimum absolute atomic E-state index is 0.245. The van der Waals surface area contributed by atoms with Gasteiger partial charge < -0.3 is 10.2 Å². The Hall–Kier alpha value is -2.44. The molecule has 7 nitrogen and oxygen atoms in total. The van der Waals surface area contributed by atoms with E-state index in [0.717, 1.165) is 0 Å². The van der Waals surface area contributed by atoms with E-state index in [9.17, 15) is 9.59 Å². The SMILES string of the molecule is O=C(O)C(Cn1nnc2ccccc21)C(=O)O. The molecule has 1 heterocycles. The van der Waals surface area contributed by atoms with Gasteiger partial charge in [-0.2, -0.15) is 0 Å². The molecule has 7 heteroatoms. The number of aliphatic carboxylic acids is 2. The van der Waals surface area contributed by atoms with Crippen LogP contribution in [0, 0.1) is 5.92 Å². The van der Waals surface area contributed by atoms with Crippen LogP contribution in [0.15, 0.2) is 24.3 Å². The number of rotatable bonds is 4. The Morgan fingerprint density at radius 2 is 1.88 bits per heavy atom. The Morgan fingerprint density at radius 1 is 1.24 bits per heavy atom. The summed E-state index contributed by atoms with van der Waals surface area (Å²) in [5.74, 6) is -4.31. The van der Waals surface area contributed by atoms with Crippen molar-refractivity contribution in [2.75, 3.05) is 0 Å². The molecule has 0 aliphatic carbocycles. The van der Waals surface area contributed by atoms with Gasteiger partial charge in [0, 0.05) is 0 Å². The predicted octanol–water partition coefficient (Wildman–Crippen LogP) is 0.217. The molecule has 0 saturated carbocycles. The summed E-state index contributed by atoms with van der Waals surface area (Å²) in [5.41, 5.74) is 1.21. The molecule has 0 aliphatic heterocycles. The number of benzene rings is 1. The van der Waals surface area contributed by atoms with E-state index >= 15 is 0 Å². The zero-order valence-corrected chi connectivity index (χ0v) is 8.65. The van der Waals surface area contributed by atoms with Crippen LogP contribution in [0.1, 0.15) is 0 Å². The second-order valence-electron chi connectivity index (χ2n) is 3.49. The molecule has 17 heavy (non-hydrogen) atoms. The monoisotopic (exact) mass is 235 g/mol. The van der Waals surface area contributed by atoms with Gasteiger partial charge in [0.15, 0.2) is 5.92 Å². The van der Waals surface area contributed by atoms with Gasteiger partial charge in [-0.25, -0.2) is 4.68 Å². The van der Waals surface area contributed by atoms with Crippen molar-refractivity contribution in [2.45, 2.75) is 6.54 Å². The molecule has 2 N–H and O–H groups in total. The van der Waals surface area contributed by atoms with Crippen molar-refractivity contribution >= 4 is 23.0 Å². The van der Waals surface area contributed by atoms with Crippen LogP contribution in [-0.4, -0.2) is 37.1 Å². The van der Waals surface area contributed by atoms with Gasteiger partial charge in [-0.15, -0.1) is 5.10 Å². The molecule has 88 valence electrons. The quantitative estimate of drug-likeness (QED) is 0.734. The van der Waals surface area contributed by atoms with Gasteiger partial charge in [-0.1, -0.05) is 17.3 Å². The van der Waals surface area contributed by atoms with Crippen molar-refractivity contribution in [2.24, 2.45) is 5.92 Å². The van der Waals surface area contributed by atoms with Gasteiger partial charge in [0.25, 0.3) is 0 Å². The summed E-state index contributed by atoms with van der Waals surface area (Å²) in [6.07, 6.45) is 0. The average Bonchev–Trinajstić information content (AvgIpc) is 2.68. The first-order chi connectivity index (χ1) is 8.09. The van der Waals surface area contributed by atoms with E-state index in [1.54, 1.807) is 24.3 Å². The maximum Gasteiger partial charge on any atom is 0.319 e. The summed E-state index contributed by atoms with van der Waals surface area (Å²) < 4.78 is 1.28. The topological polar surface area (TPSA) is 105 Å². The molecule has 1 aromatic carbocycles. The third-order valence-electron chi connectivity index (χ3n) is 2.37. The number of fused-ring (bicyclic) bond motifs is 1. The van der Waals surface area contributed by atoms with Crippen molar-refractivity contribution in [3.63, 3.8) is 0 Å². The molecular weight excluding hydrogens is 226 g/mol. The molecule has 0 saturated heterocycles. The summed E-state index contributed by atoms with van der Waals surface area (Å²) in [4.78, 5) is 21.5.